The molecule has 0 spiro atoms. The van der Waals surface area contributed by atoms with Crippen molar-refractivity contribution in [2.24, 2.45) is 0 Å². The lowest BCUT2D eigenvalue weighted by Crippen LogP contribution is -2.51. The van der Waals surface area contributed by atoms with Crippen LogP contribution in [0, 0.1) is 18.3 Å². The third-order valence-corrected chi connectivity index (χ3v) is 7.16. The molecule has 33 heavy (non-hydrogen) atoms. The number of nitriles is 1. The Bertz CT molecular complexity index is 1260. The molecule has 2 aliphatic rings. The average molecular weight is 468 g/mol. The van der Waals surface area contributed by atoms with E-state index in [0.29, 0.717) is 33.8 Å². The number of methoxy groups -OCH3 is 1. The lowest BCUT2D eigenvalue weighted by Gasteiger charge is -2.44. The Morgan fingerprint density at radius 1 is 1.36 bits per heavy atom. The van der Waals surface area contributed by atoms with Gasteiger partial charge < -0.3 is 15.2 Å². The van der Waals surface area contributed by atoms with Crippen molar-refractivity contribution in [3.63, 3.8) is 0 Å². The fraction of sp³-hybridized carbons (Fsp3) is 0.478. The van der Waals surface area contributed by atoms with E-state index in [1.807, 2.05) is 24.6 Å². The number of nitrogen functional groups attached to an aromatic ring is 1. The van der Waals surface area contributed by atoms with Crippen LogP contribution < -0.4 is 10.5 Å². The Morgan fingerprint density at radius 3 is 2.82 bits per heavy atom. The van der Waals surface area contributed by atoms with Gasteiger partial charge in [0.2, 0.25) is 0 Å². The van der Waals surface area contributed by atoms with Crippen molar-refractivity contribution in [2.45, 2.75) is 38.3 Å². The van der Waals surface area contributed by atoms with Crippen molar-refractivity contribution in [1.82, 2.24) is 24.6 Å². The Labute approximate surface area is 197 Å². The summed E-state index contributed by atoms with van der Waals surface area (Å²) in [4.78, 5) is 10.9. The van der Waals surface area contributed by atoms with Gasteiger partial charge >= 0.3 is 0 Å². The third kappa shape index (κ3) is 3.50. The van der Waals surface area contributed by atoms with Crippen molar-refractivity contribution in [3.8, 4) is 11.8 Å². The van der Waals surface area contributed by atoms with E-state index in [-0.39, 0.29) is 12.0 Å². The number of rotatable bonds is 5. The van der Waals surface area contributed by atoms with Crippen molar-refractivity contribution < 1.29 is 9.47 Å². The minimum Gasteiger partial charge on any atom is -0.496 e. The summed E-state index contributed by atoms with van der Waals surface area (Å²) in [7, 11) is 1.64. The average Bonchev–Trinajstić information content (AvgIpc) is 3.41. The van der Waals surface area contributed by atoms with Crippen LogP contribution in [0.25, 0.3) is 11.0 Å². The van der Waals surface area contributed by atoms with E-state index < -0.39 is 0 Å². The summed E-state index contributed by atoms with van der Waals surface area (Å²) < 4.78 is 13.3. The SMILES string of the molecule is COc1c(C(C)n2nc(C)c3c(N)ncnc32)cc(Cl)c(C#N)c1C1CN([C@@H]2CCOC2)C1. The van der Waals surface area contributed by atoms with Gasteiger partial charge in [-0.05, 0) is 26.3 Å². The van der Waals surface area contributed by atoms with Crippen LogP contribution in [0.4, 0.5) is 5.82 Å². The number of hydrogen-bond acceptors (Lipinski definition) is 8. The number of fused-ring (bicyclic) bond motifs is 1. The number of anilines is 1. The van der Waals surface area contributed by atoms with E-state index in [1.54, 1.807) is 7.11 Å². The minimum atomic E-state index is -0.256. The minimum absolute atomic E-state index is 0.161. The molecule has 2 atom stereocenters. The number of nitrogens with two attached hydrogens (primary N) is 1. The van der Waals surface area contributed by atoms with Crippen LogP contribution in [-0.2, 0) is 4.74 Å². The summed E-state index contributed by atoms with van der Waals surface area (Å²) in [6.07, 6.45) is 2.48. The van der Waals surface area contributed by atoms with E-state index in [4.69, 9.17) is 31.9 Å². The molecule has 3 aromatic rings. The molecule has 2 aliphatic heterocycles. The van der Waals surface area contributed by atoms with E-state index in [9.17, 15) is 5.26 Å². The van der Waals surface area contributed by atoms with Gasteiger partial charge in [0.05, 0.1) is 41.4 Å². The highest BCUT2D eigenvalue weighted by molar-refractivity contribution is 6.32. The maximum atomic E-state index is 9.91. The zero-order valence-electron chi connectivity index (χ0n) is 18.9. The van der Waals surface area contributed by atoms with Crippen LogP contribution in [0.2, 0.25) is 5.02 Å². The molecule has 0 bridgehead atoms. The van der Waals surface area contributed by atoms with Gasteiger partial charge in [-0.25, -0.2) is 14.6 Å². The Hall–Kier alpha value is -2.93. The number of aryl methyl sites for hydroxylation is 1. The van der Waals surface area contributed by atoms with Crippen molar-refractivity contribution >= 4 is 28.5 Å². The number of ether oxygens (including phenoxy) is 2. The highest BCUT2D eigenvalue weighted by Gasteiger charge is 2.39. The van der Waals surface area contributed by atoms with Crippen molar-refractivity contribution in [2.75, 3.05) is 39.1 Å². The second-order valence-electron chi connectivity index (χ2n) is 8.71. The number of aromatic nitrogens is 4. The molecule has 4 heterocycles. The van der Waals surface area contributed by atoms with E-state index in [1.165, 1.54) is 6.33 Å². The summed E-state index contributed by atoms with van der Waals surface area (Å²) in [6.45, 7) is 7.17. The number of likely N-dealkylation sites (tertiary alicyclic amines) is 1. The summed E-state index contributed by atoms with van der Waals surface area (Å²) >= 11 is 6.65. The molecular formula is C23H26ClN7O2. The second kappa shape index (κ2) is 8.45. The first-order valence-electron chi connectivity index (χ1n) is 11.0. The normalized spacial score (nSPS) is 20.0. The zero-order chi connectivity index (χ0) is 23.3. The van der Waals surface area contributed by atoms with Crippen LogP contribution in [0.15, 0.2) is 12.4 Å². The van der Waals surface area contributed by atoms with Crippen LogP contribution in [-0.4, -0.2) is 64.1 Å². The summed E-state index contributed by atoms with van der Waals surface area (Å²) in [5, 5.41) is 15.8. The van der Waals surface area contributed by atoms with Gasteiger partial charge in [0.25, 0.3) is 0 Å². The summed E-state index contributed by atoms with van der Waals surface area (Å²) in [6, 6.07) is 4.30. The van der Waals surface area contributed by atoms with E-state index in [2.05, 4.69) is 20.9 Å². The highest BCUT2D eigenvalue weighted by Crippen LogP contribution is 2.44. The highest BCUT2D eigenvalue weighted by atomic mass is 35.5. The van der Waals surface area contributed by atoms with Crippen molar-refractivity contribution in [1.29, 1.82) is 5.26 Å². The molecule has 2 aromatic heterocycles. The third-order valence-electron chi connectivity index (χ3n) is 6.86. The molecule has 9 nitrogen and oxygen atoms in total. The lowest BCUT2D eigenvalue weighted by atomic mass is 9.84. The molecule has 0 amide bonds. The quantitative estimate of drug-likeness (QED) is 0.608. The number of nitrogens with zero attached hydrogens (tertiary/aromatic N) is 6. The van der Waals surface area contributed by atoms with E-state index >= 15 is 0 Å². The lowest BCUT2D eigenvalue weighted by molar-refractivity contribution is 0.0765. The molecule has 1 unspecified atom stereocenters. The second-order valence-corrected chi connectivity index (χ2v) is 9.12. The van der Waals surface area contributed by atoms with Gasteiger partial charge in [-0.15, -0.1) is 0 Å². The molecule has 10 heteroatoms. The Balaban J connectivity index is 1.58. The largest absolute Gasteiger partial charge is 0.496 e. The molecule has 0 aliphatic carbocycles. The molecule has 2 saturated heterocycles. The first-order chi connectivity index (χ1) is 15.9. The maximum absolute atomic E-state index is 9.91. The van der Waals surface area contributed by atoms with Crippen LogP contribution in [0.3, 0.4) is 0 Å². The van der Waals surface area contributed by atoms with Gasteiger partial charge in [0.15, 0.2) is 5.65 Å². The smallest absolute Gasteiger partial charge is 0.164 e. The fourth-order valence-corrected chi connectivity index (χ4v) is 5.35. The van der Waals surface area contributed by atoms with Crippen LogP contribution in [0.1, 0.15) is 47.7 Å². The molecule has 2 fully saturated rings. The number of benzene rings is 1. The van der Waals surface area contributed by atoms with Gasteiger partial charge in [0, 0.05) is 42.8 Å². The van der Waals surface area contributed by atoms with Gasteiger partial charge in [0.1, 0.15) is 24.0 Å². The van der Waals surface area contributed by atoms with Crippen LogP contribution in [0.5, 0.6) is 5.75 Å². The molecule has 172 valence electrons. The summed E-state index contributed by atoms with van der Waals surface area (Å²) in [5.74, 6) is 1.24. The monoisotopic (exact) mass is 467 g/mol. The maximum Gasteiger partial charge on any atom is 0.164 e. The Kier molecular flexibility index (Phi) is 5.60. The van der Waals surface area contributed by atoms with Crippen molar-refractivity contribution in [3.05, 3.63) is 39.8 Å². The fourth-order valence-electron chi connectivity index (χ4n) is 5.09. The van der Waals surface area contributed by atoms with Gasteiger partial charge in [-0.1, -0.05) is 11.6 Å². The zero-order valence-corrected chi connectivity index (χ0v) is 19.6. The Morgan fingerprint density at radius 2 is 2.15 bits per heavy atom. The van der Waals surface area contributed by atoms with Crippen LogP contribution >= 0.6 is 11.6 Å². The first-order valence-corrected chi connectivity index (χ1v) is 11.4. The molecule has 0 radical (unpaired) electrons. The molecule has 2 N–H and O–H groups in total. The first kappa shape index (κ1) is 21.9. The van der Waals surface area contributed by atoms with Gasteiger partial charge in [-0.2, -0.15) is 10.4 Å². The predicted octanol–water partition coefficient (Wildman–Crippen LogP) is 3.05. The summed E-state index contributed by atoms with van der Waals surface area (Å²) in [5.41, 5.74) is 9.67. The standard InChI is InChI=1S/C23H26ClN7O2/c1-12-19-22(26)27-11-28-23(19)31(29-12)13(2)16-6-18(24)17(7-25)20(21(16)32-3)14-8-30(9-14)15-4-5-33-10-15/h6,11,13-15H,4-5,8-10H2,1-3H3,(H2,26,27,28)/t13?,15-/m1/s1. The molecule has 0 saturated carbocycles. The van der Waals surface area contributed by atoms with E-state index in [0.717, 1.165) is 54.9 Å². The molecule has 1 aromatic carbocycles. The number of hydrogen-bond donors (Lipinski definition) is 1. The molecule has 5 rings (SSSR count). The topological polar surface area (TPSA) is 115 Å². The predicted molar refractivity (Wildman–Crippen MR) is 125 cm³/mol. The molecular weight excluding hydrogens is 442 g/mol. The van der Waals surface area contributed by atoms with Gasteiger partial charge in [-0.3, -0.25) is 4.90 Å². The number of halogens is 1.